The summed E-state index contributed by atoms with van der Waals surface area (Å²) >= 11 is 0. The number of nitrogens with zero attached hydrogens (tertiary/aromatic N) is 1. The van der Waals surface area contributed by atoms with Crippen molar-refractivity contribution >= 4 is 5.78 Å². The largest absolute Gasteiger partial charge is 0.493 e. The summed E-state index contributed by atoms with van der Waals surface area (Å²) in [6.45, 7) is 2.53. The summed E-state index contributed by atoms with van der Waals surface area (Å²) in [4.78, 5) is 14.0. The highest BCUT2D eigenvalue weighted by Crippen LogP contribution is 2.37. The topological polar surface area (TPSA) is 38.8 Å². The van der Waals surface area contributed by atoms with E-state index in [1.54, 1.807) is 20.3 Å². The Labute approximate surface area is 101 Å². The average molecular weight is 235 g/mol. The zero-order valence-corrected chi connectivity index (χ0v) is 10.6. The van der Waals surface area contributed by atoms with E-state index in [-0.39, 0.29) is 11.8 Å². The molecule has 0 amide bonds. The number of ketones is 1. The third-order valence-corrected chi connectivity index (χ3v) is 3.36. The molecule has 0 saturated heterocycles. The number of ether oxygens (including phenoxy) is 2. The van der Waals surface area contributed by atoms with Gasteiger partial charge in [-0.2, -0.15) is 0 Å². The van der Waals surface area contributed by atoms with Crippen LogP contribution in [0.5, 0.6) is 11.5 Å². The standard InChI is InChI=1S/C13H17NO3/c1-8-9-5-12(16-3)13(17-4)6-10(9)11(15)7-14(8)2/h5-6,8H,7H2,1-4H3. The minimum Gasteiger partial charge on any atom is -0.493 e. The highest BCUT2D eigenvalue weighted by Gasteiger charge is 2.28. The summed E-state index contributed by atoms with van der Waals surface area (Å²) in [5, 5.41) is 0. The van der Waals surface area contributed by atoms with E-state index in [1.165, 1.54) is 0 Å². The number of benzene rings is 1. The fraction of sp³-hybridized carbons (Fsp3) is 0.462. The maximum Gasteiger partial charge on any atom is 0.177 e. The first kappa shape index (κ1) is 11.9. The lowest BCUT2D eigenvalue weighted by Gasteiger charge is -2.31. The molecule has 0 aliphatic carbocycles. The lowest BCUT2D eigenvalue weighted by atomic mass is 9.92. The SMILES string of the molecule is COc1cc2c(cc1OC)C(C)N(C)CC2=O. The van der Waals surface area contributed by atoms with Gasteiger partial charge in [-0.25, -0.2) is 0 Å². The molecule has 1 aromatic rings. The van der Waals surface area contributed by atoms with Crippen LogP contribution in [0.25, 0.3) is 0 Å². The van der Waals surface area contributed by atoms with Gasteiger partial charge in [-0.3, -0.25) is 9.69 Å². The Kier molecular flexibility index (Phi) is 3.07. The molecule has 0 bridgehead atoms. The molecule has 0 fully saturated rings. The van der Waals surface area contributed by atoms with Gasteiger partial charge >= 0.3 is 0 Å². The molecule has 17 heavy (non-hydrogen) atoms. The van der Waals surface area contributed by atoms with Gasteiger partial charge < -0.3 is 9.47 Å². The number of likely N-dealkylation sites (N-methyl/N-ethyl adjacent to an activating group) is 1. The van der Waals surface area contributed by atoms with E-state index in [4.69, 9.17) is 9.47 Å². The lowest BCUT2D eigenvalue weighted by molar-refractivity contribution is 0.0894. The molecule has 1 aliphatic heterocycles. The smallest absolute Gasteiger partial charge is 0.177 e. The lowest BCUT2D eigenvalue weighted by Crippen LogP contribution is -2.35. The summed E-state index contributed by atoms with van der Waals surface area (Å²) in [7, 11) is 5.12. The van der Waals surface area contributed by atoms with Gasteiger partial charge in [-0.15, -0.1) is 0 Å². The highest BCUT2D eigenvalue weighted by atomic mass is 16.5. The molecule has 0 spiro atoms. The third-order valence-electron chi connectivity index (χ3n) is 3.36. The molecule has 1 heterocycles. The molecule has 1 aliphatic rings. The zero-order valence-electron chi connectivity index (χ0n) is 10.6. The van der Waals surface area contributed by atoms with Crippen molar-refractivity contribution in [1.29, 1.82) is 0 Å². The Balaban J connectivity index is 2.58. The van der Waals surface area contributed by atoms with Crippen LogP contribution in [0.1, 0.15) is 28.9 Å². The highest BCUT2D eigenvalue weighted by molar-refractivity contribution is 6.00. The molecule has 1 aromatic carbocycles. The van der Waals surface area contributed by atoms with Crippen molar-refractivity contribution in [2.45, 2.75) is 13.0 Å². The molecule has 1 atom stereocenters. The van der Waals surface area contributed by atoms with Gasteiger partial charge in [0.1, 0.15) is 0 Å². The van der Waals surface area contributed by atoms with E-state index in [1.807, 2.05) is 18.0 Å². The number of fused-ring (bicyclic) bond motifs is 1. The van der Waals surface area contributed by atoms with Gasteiger partial charge in [0.05, 0.1) is 20.8 Å². The predicted molar refractivity (Wildman–Crippen MR) is 64.9 cm³/mol. The number of carbonyl (C=O) groups excluding carboxylic acids is 1. The van der Waals surface area contributed by atoms with Crippen LogP contribution in [0.2, 0.25) is 0 Å². The zero-order chi connectivity index (χ0) is 12.6. The second-order valence-electron chi connectivity index (χ2n) is 4.31. The minimum absolute atomic E-state index is 0.126. The first-order valence-electron chi connectivity index (χ1n) is 5.57. The van der Waals surface area contributed by atoms with E-state index in [2.05, 4.69) is 6.92 Å². The van der Waals surface area contributed by atoms with Crippen molar-refractivity contribution in [2.75, 3.05) is 27.8 Å². The Morgan fingerprint density at radius 3 is 2.41 bits per heavy atom. The van der Waals surface area contributed by atoms with Crippen LogP contribution in [0.3, 0.4) is 0 Å². The summed E-state index contributed by atoms with van der Waals surface area (Å²) in [6, 6.07) is 3.88. The van der Waals surface area contributed by atoms with Crippen molar-refractivity contribution in [3.05, 3.63) is 23.3 Å². The maximum absolute atomic E-state index is 12.0. The van der Waals surface area contributed by atoms with Gasteiger partial charge in [0.2, 0.25) is 0 Å². The van der Waals surface area contributed by atoms with E-state index < -0.39 is 0 Å². The minimum atomic E-state index is 0.126. The van der Waals surface area contributed by atoms with Crippen LogP contribution in [0.15, 0.2) is 12.1 Å². The number of Topliss-reactive ketones (excluding diaryl/α,β-unsaturated/α-hetero) is 1. The van der Waals surface area contributed by atoms with Crippen molar-refractivity contribution in [2.24, 2.45) is 0 Å². The van der Waals surface area contributed by atoms with Gasteiger partial charge in [-0.1, -0.05) is 0 Å². The van der Waals surface area contributed by atoms with Crippen LogP contribution < -0.4 is 9.47 Å². The number of carbonyl (C=O) groups is 1. The second kappa shape index (κ2) is 4.37. The first-order chi connectivity index (χ1) is 8.08. The van der Waals surface area contributed by atoms with E-state index in [0.717, 1.165) is 11.1 Å². The molecule has 0 saturated carbocycles. The fourth-order valence-corrected chi connectivity index (χ4v) is 2.17. The number of hydrogen-bond acceptors (Lipinski definition) is 4. The monoisotopic (exact) mass is 235 g/mol. The third kappa shape index (κ3) is 1.89. The van der Waals surface area contributed by atoms with Crippen LogP contribution in [0, 0.1) is 0 Å². The van der Waals surface area contributed by atoms with E-state index in [9.17, 15) is 4.79 Å². The Morgan fingerprint density at radius 2 is 1.82 bits per heavy atom. The Bertz CT molecular complexity index is 456. The maximum atomic E-state index is 12.0. The Hall–Kier alpha value is -1.55. The molecule has 4 nitrogen and oxygen atoms in total. The van der Waals surface area contributed by atoms with Crippen molar-refractivity contribution in [1.82, 2.24) is 4.90 Å². The van der Waals surface area contributed by atoms with Crippen molar-refractivity contribution in [3.63, 3.8) is 0 Å². The van der Waals surface area contributed by atoms with E-state index >= 15 is 0 Å². The fourth-order valence-electron chi connectivity index (χ4n) is 2.17. The molecular weight excluding hydrogens is 218 g/mol. The summed E-state index contributed by atoms with van der Waals surface area (Å²) in [5.41, 5.74) is 1.75. The van der Waals surface area contributed by atoms with Crippen LogP contribution >= 0.6 is 0 Å². The summed E-state index contributed by atoms with van der Waals surface area (Å²) in [5.74, 6) is 1.40. The molecule has 2 rings (SSSR count). The Morgan fingerprint density at radius 1 is 1.24 bits per heavy atom. The number of rotatable bonds is 2. The van der Waals surface area contributed by atoms with Gasteiger partial charge in [0, 0.05) is 11.6 Å². The van der Waals surface area contributed by atoms with Gasteiger partial charge in [0.15, 0.2) is 17.3 Å². The predicted octanol–water partition coefficient (Wildman–Crippen LogP) is 1.89. The van der Waals surface area contributed by atoms with Crippen molar-refractivity contribution in [3.8, 4) is 11.5 Å². The van der Waals surface area contributed by atoms with Gasteiger partial charge in [-0.05, 0) is 31.7 Å². The molecule has 0 radical (unpaired) electrons. The molecular formula is C13H17NO3. The molecule has 0 N–H and O–H groups in total. The van der Waals surface area contributed by atoms with Crippen molar-refractivity contribution < 1.29 is 14.3 Å². The molecule has 0 aromatic heterocycles. The normalized spacial score (nSPS) is 20.0. The second-order valence-corrected chi connectivity index (χ2v) is 4.31. The number of hydrogen-bond donors (Lipinski definition) is 0. The summed E-state index contributed by atoms with van der Waals surface area (Å²) in [6.07, 6.45) is 0. The average Bonchev–Trinajstić information content (AvgIpc) is 2.34. The number of methoxy groups -OCH3 is 2. The van der Waals surface area contributed by atoms with Gasteiger partial charge in [0.25, 0.3) is 0 Å². The summed E-state index contributed by atoms with van der Waals surface area (Å²) < 4.78 is 10.5. The molecule has 1 unspecified atom stereocenters. The van der Waals surface area contributed by atoms with E-state index in [0.29, 0.717) is 18.0 Å². The first-order valence-corrected chi connectivity index (χ1v) is 5.57. The quantitative estimate of drug-likeness (QED) is 0.784. The van der Waals surface area contributed by atoms with Crippen LogP contribution in [-0.4, -0.2) is 38.5 Å². The van der Waals surface area contributed by atoms with Crippen LogP contribution in [-0.2, 0) is 0 Å². The molecule has 92 valence electrons. The molecule has 4 heteroatoms. The van der Waals surface area contributed by atoms with Crippen LogP contribution in [0.4, 0.5) is 0 Å².